The van der Waals surface area contributed by atoms with E-state index in [2.05, 4.69) is 21.8 Å². The molecular weight excluding hydrogens is 310 g/mol. The van der Waals surface area contributed by atoms with Crippen LogP contribution in [0.15, 0.2) is 47.7 Å². The van der Waals surface area contributed by atoms with Crippen molar-refractivity contribution in [3.8, 4) is 0 Å². The average Bonchev–Trinajstić information content (AvgIpc) is 2.96. The Labute approximate surface area is 142 Å². The maximum Gasteiger partial charge on any atom is 0.257 e. The number of ether oxygens (including phenoxy) is 1. The Morgan fingerprint density at radius 3 is 2.78 bits per heavy atom. The first kappa shape index (κ1) is 19.1. The van der Waals surface area contributed by atoms with Crippen molar-refractivity contribution < 1.29 is 9.53 Å². The first-order valence-electron chi connectivity index (χ1n) is 7.49. The molecule has 126 valence electrons. The molecule has 0 aliphatic carbocycles. The summed E-state index contributed by atoms with van der Waals surface area (Å²) in [6.07, 6.45) is 7.74. The lowest BCUT2D eigenvalue weighted by Crippen LogP contribution is -2.14. The van der Waals surface area contributed by atoms with Gasteiger partial charge in [-0.2, -0.15) is 0 Å². The number of nitrogens with zero attached hydrogens (tertiary/aromatic N) is 2. The molecule has 0 aromatic carbocycles. The predicted molar refractivity (Wildman–Crippen MR) is 96.5 cm³/mol. The van der Waals surface area contributed by atoms with Crippen LogP contribution in [-0.4, -0.2) is 42.5 Å². The molecule has 0 unspecified atom stereocenters. The number of carbonyl (C=O) groups excluding carboxylic acids is 1. The van der Waals surface area contributed by atoms with Gasteiger partial charge in [0.1, 0.15) is 5.76 Å². The van der Waals surface area contributed by atoms with Gasteiger partial charge in [0.25, 0.3) is 5.91 Å². The van der Waals surface area contributed by atoms with E-state index in [-0.39, 0.29) is 12.0 Å². The molecule has 0 atom stereocenters. The van der Waals surface area contributed by atoms with Gasteiger partial charge in [-0.25, -0.2) is 4.98 Å². The summed E-state index contributed by atoms with van der Waals surface area (Å²) in [7, 11) is 4.03. The van der Waals surface area contributed by atoms with Crippen LogP contribution in [0.1, 0.15) is 20.3 Å². The van der Waals surface area contributed by atoms with Crippen molar-refractivity contribution >= 4 is 22.4 Å². The summed E-state index contributed by atoms with van der Waals surface area (Å²) in [6, 6.07) is 0. The molecule has 0 saturated carbocycles. The molecule has 0 fully saturated rings. The summed E-state index contributed by atoms with van der Waals surface area (Å²) >= 11 is 1.37. The van der Waals surface area contributed by atoms with Crippen molar-refractivity contribution in [1.82, 2.24) is 9.88 Å². The summed E-state index contributed by atoms with van der Waals surface area (Å²) in [4.78, 5) is 18.4. The zero-order valence-electron chi connectivity index (χ0n) is 14.2. The van der Waals surface area contributed by atoms with Crippen molar-refractivity contribution in [2.24, 2.45) is 0 Å². The number of allylic oxidation sites excluding steroid dienone is 1. The number of aromatic nitrogens is 1. The first-order valence-corrected chi connectivity index (χ1v) is 8.37. The highest BCUT2D eigenvalue weighted by Gasteiger charge is 2.10. The fourth-order valence-corrected chi connectivity index (χ4v) is 2.23. The van der Waals surface area contributed by atoms with Crippen LogP contribution in [-0.2, 0) is 9.53 Å². The molecular formula is C17H25N3O2S. The number of thiazole rings is 1. The molecule has 1 aromatic heterocycles. The minimum absolute atomic E-state index is 0.0324. The van der Waals surface area contributed by atoms with E-state index in [4.69, 9.17) is 4.74 Å². The lowest BCUT2D eigenvalue weighted by atomic mass is 10.2. The molecule has 0 radical (unpaired) electrons. The predicted octanol–water partition coefficient (Wildman–Crippen LogP) is 3.45. The molecule has 1 aromatic rings. The fourth-order valence-electron chi connectivity index (χ4n) is 1.70. The van der Waals surface area contributed by atoms with Crippen LogP contribution in [0.2, 0.25) is 0 Å². The zero-order chi connectivity index (χ0) is 17.2. The third kappa shape index (κ3) is 7.76. The monoisotopic (exact) mass is 335 g/mol. The maximum absolute atomic E-state index is 12.3. The molecule has 1 rings (SSSR count). The van der Waals surface area contributed by atoms with Crippen LogP contribution in [0.25, 0.3) is 0 Å². The molecule has 0 aliphatic heterocycles. The quantitative estimate of drug-likeness (QED) is 0.427. The van der Waals surface area contributed by atoms with E-state index in [0.29, 0.717) is 16.5 Å². The second-order valence-corrected chi connectivity index (χ2v) is 6.35. The van der Waals surface area contributed by atoms with Crippen LogP contribution in [0, 0.1) is 0 Å². The topological polar surface area (TPSA) is 54.5 Å². The van der Waals surface area contributed by atoms with Gasteiger partial charge in [0, 0.05) is 23.7 Å². The van der Waals surface area contributed by atoms with E-state index < -0.39 is 0 Å². The average molecular weight is 335 g/mol. The molecule has 6 heteroatoms. The van der Waals surface area contributed by atoms with Crippen LogP contribution >= 0.6 is 11.3 Å². The van der Waals surface area contributed by atoms with Crippen molar-refractivity contribution in [2.75, 3.05) is 26.0 Å². The molecule has 0 aliphatic rings. The van der Waals surface area contributed by atoms with Crippen LogP contribution in [0.4, 0.5) is 5.13 Å². The third-order valence-corrected chi connectivity index (χ3v) is 3.41. The standard InChI is InChI=1S/C17H25N3O2S/c1-6-14(16(21)19-17-18-9-11-23-17)12-15(22-13(2)3)8-7-10-20(4)5/h6,8-9,11-13H,1,7,10H2,2-5H3,(H,18,19,21)/b14-12+,15-8+. The summed E-state index contributed by atoms with van der Waals surface area (Å²) in [5.41, 5.74) is 0.442. The summed E-state index contributed by atoms with van der Waals surface area (Å²) in [5, 5.41) is 5.11. The highest BCUT2D eigenvalue weighted by Crippen LogP contribution is 2.14. The van der Waals surface area contributed by atoms with E-state index in [1.54, 1.807) is 17.7 Å². The second kappa shape index (κ2) is 9.97. The van der Waals surface area contributed by atoms with E-state index in [9.17, 15) is 4.79 Å². The van der Waals surface area contributed by atoms with Gasteiger partial charge in [0.05, 0.1) is 6.10 Å². The highest BCUT2D eigenvalue weighted by molar-refractivity contribution is 7.13. The van der Waals surface area contributed by atoms with Crippen LogP contribution in [0.5, 0.6) is 0 Å². The highest BCUT2D eigenvalue weighted by atomic mass is 32.1. The molecule has 0 spiro atoms. The van der Waals surface area contributed by atoms with Crippen LogP contribution in [0.3, 0.4) is 0 Å². The lowest BCUT2D eigenvalue weighted by Gasteiger charge is -2.13. The molecule has 1 amide bonds. The van der Waals surface area contributed by atoms with Crippen molar-refractivity contribution in [1.29, 1.82) is 0 Å². The molecule has 0 saturated heterocycles. The summed E-state index contributed by atoms with van der Waals surface area (Å²) in [5.74, 6) is 0.423. The van der Waals surface area contributed by atoms with E-state index >= 15 is 0 Å². The van der Waals surface area contributed by atoms with Gasteiger partial charge in [0.15, 0.2) is 5.13 Å². The zero-order valence-corrected chi connectivity index (χ0v) is 15.0. The van der Waals surface area contributed by atoms with E-state index in [1.165, 1.54) is 17.4 Å². The number of nitrogens with one attached hydrogen (secondary N) is 1. The fraction of sp³-hybridized carbons (Fsp3) is 0.412. The third-order valence-electron chi connectivity index (χ3n) is 2.73. The van der Waals surface area contributed by atoms with Gasteiger partial charge in [0.2, 0.25) is 0 Å². The summed E-state index contributed by atoms with van der Waals surface area (Å²) < 4.78 is 5.78. The van der Waals surface area contributed by atoms with E-state index in [1.807, 2.05) is 34.0 Å². The number of hydrogen-bond acceptors (Lipinski definition) is 5. The van der Waals surface area contributed by atoms with E-state index in [0.717, 1.165) is 13.0 Å². The van der Waals surface area contributed by atoms with Crippen molar-refractivity contribution in [3.05, 3.63) is 47.7 Å². The number of amides is 1. The van der Waals surface area contributed by atoms with Gasteiger partial charge in [-0.3, -0.25) is 10.1 Å². The molecule has 0 bridgehead atoms. The Morgan fingerprint density at radius 2 is 2.26 bits per heavy atom. The SMILES string of the molecule is C=C/C(=C\C(=C/CCN(C)C)OC(C)C)C(=O)Nc1nccs1. The second-order valence-electron chi connectivity index (χ2n) is 5.46. The Kier molecular flexibility index (Phi) is 8.29. The van der Waals surface area contributed by atoms with Gasteiger partial charge in [-0.05, 0) is 46.5 Å². The Bertz CT molecular complexity index is 560. The molecule has 1 N–H and O–H groups in total. The van der Waals surface area contributed by atoms with Gasteiger partial charge >= 0.3 is 0 Å². The number of hydrogen-bond donors (Lipinski definition) is 1. The Morgan fingerprint density at radius 1 is 1.52 bits per heavy atom. The number of anilines is 1. The van der Waals surface area contributed by atoms with Crippen molar-refractivity contribution in [2.45, 2.75) is 26.4 Å². The Balaban J connectivity index is 2.86. The van der Waals surface area contributed by atoms with Gasteiger partial charge in [-0.15, -0.1) is 11.3 Å². The van der Waals surface area contributed by atoms with Crippen LogP contribution < -0.4 is 5.32 Å². The smallest absolute Gasteiger partial charge is 0.257 e. The minimum atomic E-state index is -0.249. The number of carbonyl (C=O) groups is 1. The normalized spacial score (nSPS) is 12.6. The largest absolute Gasteiger partial charge is 0.491 e. The minimum Gasteiger partial charge on any atom is -0.491 e. The molecule has 23 heavy (non-hydrogen) atoms. The number of rotatable bonds is 9. The van der Waals surface area contributed by atoms with Gasteiger partial charge < -0.3 is 9.64 Å². The molecule has 1 heterocycles. The first-order chi connectivity index (χ1) is 10.9. The summed E-state index contributed by atoms with van der Waals surface area (Å²) in [6.45, 7) is 8.54. The molecule has 5 nitrogen and oxygen atoms in total. The van der Waals surface area contributed by atoms with Gasteiger partial charge in [-0.1, -0.05) is 12.7 Å². The lowest BCUT2D eigenvalue weighted by molar-refractivity contribution is -0.112. The van der Waals surface area contributed by atoms with Crippen molar-refractivity contribution in [3.63, 3.8) is 0 Å². The Hall–Kier alpha value is -1.92. The maximum atomic E-state index is 12.3.